The topological polar surface area (TPSA) is 134 Å². The molecule has 2 atom stereocenters. The Morgan fingerprint density at radius 3 is 1.86 bits per heavy atom. The summed E-state index contributed by atoms with van der Waals surface area (Å²) in [4.78, 5) is 41.3. The van der Waals surface area contributed by atoms with Gasteiger partial charge in [0, 0.05) is 44.3 Å². The van der Waals surface area contributed by atoms with Crippen molar-refractivity contribution in [2.24, 2.45) is 5.73 Å². The second kappa shape index (κ2) is 16.9. The summed E-state index contributed by atoms with van der Waals surface area (Å²) in [6.07, 6.45) is -3.66. The third-order valence-corrected chi connectivity index (χ3v) is 6.62. The zero-order valence-electron chi connectivity index (χ0n) is 24.8. The highest BCUT2D eigenvalue weighted by molar-refractivity contribution is 5.91. The second-order valence-corrected chi connectivity index (χ2v) is 9.89. The van der Waals surface area contributed by atoms with Crippen molar-refractivity contribution in [1.29, 1.82) is 0 Å². The van der Waals surface area contributed by atoms with Crippen LogP contribution in [0.2, 0.25) is 0 Å². The van der Waals surface area contributed by atoms with Crippen molar-refractivity contribution in [3.63, 3.8) is 0 Å². The van der Waals surface area contributed by atoms with E-state index in [0.717, 1.165) is 4.90 Å². The molecule has 44 heavy (non-hydrogen) atoms. The molecule has 0 bridgehead atoms. The predicted molar refractivity (Wildman–Crippen MR) is 149 cm³/mol. The molecule has 0 aliphatic heterocycles. The molecule has 10 nitrogen and oxygen atoms in total. The molecular formula is C29H37F5N4O6. The fourth-order valence-corrected chi connectivity index (χ4v) is 4.41. The lowest BCUT2D eigenvalue weighted by Gasteiger charge is -2.35. The summed E-state index contributed by atoms with van der Waals surface area (Å²) in [6, 6.07) is 4.03. The van der Waals surface area contributed by atoms with Crippen LogP contribution in [-0.4, -0.2) is 83.5 Å². The van der Waals surface area contributed by atoms with Gasteiger partial charge < -0.3 is 30.5 Å². The minimum absolute atomic E-state index is 0.195. The Morgan fingerprint density at radius 1 is 0.886 bits per heavy atom. The van der Waals surface area contributed by atoms with E-state index in [1.807, 2.05) is 0 Å². The van der Waals surface area contributed by atoms with Crippen LogP contribution >= 0.6 is 0 Å². The number of carbonyl (C=O) groups excluding carboxylic acids is 2. The minimum Gasteiger partial charge on any atom is -0.465 e. The van der Waals surface area contributed by atoms with E-state index >= 15 is 0 Å². The van der Waals surface area contributed by atoms with Gasteiger partial charge in [0.25, 0.3) is 0 Å². The Hall–Kier alpha value is -3.82. The number of hydrogen-bond donors (Lipinski definition) is 3. The van der Waals surface area contributed by atoms with Gasteiger partial charge in [0.1, 0.15) is 12.1 Å². The predicted octanol–water partition coefficient (Wildman–Crippen LogP) is 3.55. The summed E-state index contributed by atoms with van der Waals surface area (Å²) in [5.41, 5.74) is 4.91. The van der Waals surface area contributed by atoms with Gasteiger partial charge in [0.2, 0.25) is 17.6 Å². The van der Waals surface area contributed by atoms with Crippen LogP contribution in [0.1, 0.15) is 38.8 Å². The first kappa shape index (κ1) is 36.4. The lowest BCUT2D eigenvalue weighted by Crippen LogP contribution is -2.59. The van der Waals surface area contributed by atoms with Gasteiger partial charge in [-0.2, -0.15) is 0 Å². The maximum Gasteiger partial charge on any atom is 0.408 e. The van der Waals surface area contributed by atoms with Gasteiger partial charge in [-0.1, -0.05) is 30.3 Å². The SMILES string of the molecule is CCOC(CN(C(=O)C(Cc1c(F)c(F)c(F)c(F)c1F)NC(=O)C(CN)N(Cc1ccccc1)C(=O)O)C(C)C)OCC. The van der Waals surface area contributed by atoms with Crippen LogP contribution in [0.25, 0.3) is 0 Å². The third-order valence-electron chi connectivity index (χ3n) is 6.62. The van der Waals surface area contributed by atoms with Crippen LogP contribution in [0.5, 0.6) is 0 Å². The highest BCUT2D eigenvalue weighted by atomic mass is 19.2. The van der Waals surface area contributed by atoms with Gasteiger partial charge in [0.05, 0.1) is 6.54 Å². The minimum atomic E-state index is -2.39. The molecule has 244 valence electrons. The van der Waals surface area contributed by atoms with Gasteiger partial charge in [-0.25, -0.2) is 26.7 Å². The van der Waals surface area contributed by atoms with Crippen LogP contribution < -0.4 is 11.1 Å². The van der Waals surface area contributed by atoms with E-state index in [4.69, 9.17) is 15.2 Å². The maximum atomic E-state index is 14.7. The van der Waals surface area contributed by atoms with Crippen LogP contribution in [-0.2, 0) is 32.0 Å². The number of amides is 3. The standard InChI is InChI=1S/C29H37F5N4O6/c1-5-43-21(44-6-2)15-37(16(3)4)28(40)19(12-18-22(30)24(32)26(34)25(33)23(18)31)36-27(39)20(13-35)38(29(41)42)14-17-10-8-7-9-11-17/h7-11,16,19-21H,5-6,12-15,35H2,1-4H3,(H,36,39)(H,41,42). The number of nitrogens with one attached hydrogen (secondary N) is 1. The summed E-state index contributed by atoms with van der Waals surface area (Å²) in [7, 11) is 0. The number of carboxylic acid groups (broad SMARTS) is 1. The first-order valence-electron chi connectivity index (χ1n) is 13.9. The zero-order chi connectivity index (χ0) is 33.1. The Bertz CT molecular complexity index is 1250. The van der Waals surface area contributed by atoms with E-state index in [9.17, 15) is 41.4 Å². The average Bonchev–Trinajstić information content (AvgIpc) is 2.99. The molecule has 15 heteroatoms. The summed E-state index contributed by atoms with van der Waals surface area (Å²) in [5.74, 6) is -13.3. The molecule has 0 aromatic heterocycles. The lowest BCUT2D eigenvalue weighted by atomic mass is 10.0. The van der Waals surface area contributed by atoms with Crippen molar-refractivity contribution in [1.82, 2.24) is 15.1 Å². The van der Waals surface area contributed by atoms with E-state index in [1.165, 1.54) is 0 Å². The molecule has 2 rings (SSSR count). The van der Waals surface area contributed by atoms with Gasteiger partial charge in [-0.15, -0.1) is 0 Å². The molecule has 4 N–H and O–H groups in total. The van der Waals surface area contributed by atoms with Gasteiger partial charge in [-0.3, -0.25) is 14.5 Å². The van der Waals surface area contributed by atoms with Crippen molar-refractivity contribution >= 4 is 17.9 Å². The molecular weight excluding hydrogens is 595 g/mol. The Morgan fingerprint density at radius 2 is 1.41 bits per heavy atom. The average molecular weight is 633 g/mol. The monoisotopic (exact) mass is 632 g/mol. The summed E-state index contributed by atoms with van der Waals surface area (Å²) in [5, 5.41) is 12.1. The fourth-order valence-electron chi connectivity index (χ4n) is 4.41. The van der Waals surface area contributed by atoms with Gasteiger partial charge in [-0.05, 0) is 33.3 Å². The number of benzene rings is 2. The smallest absolute Gasteiger partial charge is 0.408 e. The molecule has 0 heterocycles. The second-order valence-electron chi connectivity index (χ2n) is 9.89. The molecule has 0 saturated heterocycles. The largest absolute Gasteiger partial charge is 0.465 e. The number of hydrogen-bond acceptors (Lipinski definition) is 6. The van der Waals surface area contributed by atoms with Crippen molar-refractivity contribution in [2.75, 3.05) is 26.3 Å². The summed E-state index contributed by atoms with van der Waals surface area (Å²) >= 11 is 0. The van der Waals surface area contributed by atoms with E-state index < -0.39 is 89.9 Å². The first-order chi connectivity index (χ1) is 20.8. The first-order valence-corrected chi connectivity index (χ1v) is 13.9. The number of carbonyl (C=O) groups is 3. The van der Waals surface area contributed by atoms with E-state index in [-0.39, 0.29) is 26.3 Å². The molecule has 0 radical (unpaired) electrons. The van der Waals surface area contributed by atoms with Crippen molar-refractivity contribution in [2.45, 2.75) is 65.1 Å². The van der Waals surface area contributed by atoms with Crippen molar-refractivity contribution in [3.05, 3.63) is 70.5 Å². The molecule has 3 amide bonds. The summed E-state index contributed by atoms with van der Waals surface area (Å²) in [6.45, 7) is 5.82. The number of halogens is 5. The number of nitrogens with zero attached hydrogens (tertiary/aromatic N) is 2. The van der Waals surface area contributed by atoms with Gasteiger partial charge >= 0.3 is 6.09 Å². The fraction of sp³-hybridized carbons (Fsp3) is 0.483. The van der Waals surface area contributed by atoms with Crippen molar-refractivity contribution < 1.29 is 50.9 Å². The summed E-state index contributed by atoms with van der Waals surface area (Å²) < 4.78 is 82.3. The van der Waals surface area contributed by atoms with Gasteiger partial charge in [0.15, 0.2) is 29.6 Å². The van der Waals surface area contributed by atoms with Crippen LogP contribution in [0, 0.1) is 29.1 Å². The third kappa shape index (κ3) is 9.09. The Kier molecular flexibility index (Phi) is 13.9. The molecule has 2 aromatic carbocycles. The molecule has 0 aliphatic rings. The van der Waals surface area contributed by atoms with Crippen LogP contribution in [0.4, 0.5) is 26.7 Å². The molecule has 0 spiro atoms. The Labute approximate surface area is 251 Å². The molecule has 0 saturated carbocycles. The quantitative estimate of drug-likeness (QED) is 0.112. The van der Waals surface area contributed by atoms with Crippen LogP contribution in [0.3, 0.4) is 0 Å². The normalized spacial score (nSPS) is 12.7. The number of rotatable bonds is 16. The maximum absolute atomic E-state index is 14.7. The van der Waals surface area contributed by atoms with E-state index in [2.05, 4.69) is 5.32 Å². The van der Waals surface area contributed by atoms with E-state index in [0.29, 0.717) is 10.5 Å². The number of nitrogens with two attached hydrogens (primary N) is 1. The zero-order valence-corrected chi connectivity index (χ0v) is 24.8. The molecule has 2 aromatic rings. The highest BCUT2D eigenvalue weighted by Gasteiger charge is 2.37. The molecule has 0 fully saturated rings. The molecule has 2 unspecified atom stereocenters. The van der Waals surface area contributed by atoms with E-state index in [1.54, 1.807) is 58.0 Å². The highest BCUT2D eigenvalue weighted by Crippen LogP contribution is 2.25. The van der Waals surface area contributed by atoms with Crippen LogP contribution in [0.15, 0.2) is 30.3 Å². The number of ether oxygens (including phenoxy) is 2. The lowest BCUT2D eigenvalue weighted by molar-refractivity contribution is -0.163. The Balaban J connectivity index is 2.56. The van der Waals surface area contributed by atoms with Crippen molar-refractivity contribution in [3.8, 4) is 0 Å². The molecule has 0 aliphatic carbocycles.